The molecule has 0 radical (unpaired) electrons. The van der Waals surface area contributed by atoms with Gasteiger partial charge < -0.3 is 19.2 Å². The van der Waals surface area contributed by atoms with Crippen LogP contribution in [0.3, 0.4) is 0 Å². The van der Waals surface area contributed by atoms with Crippen molar-refractivity contribution in [1.29, 1.82) is 0 Å². The molecule has 0 saturated heterocycles. The Balaban J connectivity index is 2.04. The third-order valence-electron chi connectivity index (χ3n) is 4.67. The Hall–Kier alpha value is -2.95. The summed E-state index contributed by atoms with van der Waals surface area (Å²) in [5.74, 6) is 1.73. The van der Waals surface area contributed by atoms with Crippen LogP contribution in [0.4, 0.5) is 0 Å². The Labute approximate surface area is 192 Å². The maximum atomic E-state index is 13.5. The maximum absolute atomic E-state index is 13.5. The molecule has 0 aliphatic heterocycles. The molecule has 4 aromatic rings. The quantitative estimate of drug-likeness (QED) is 0.396. The lowest BCUT2D eigenvalue weighted by molar-refractivity contribution is 0.339. The van der Waals surface area contributed by atoms with Crippen LogP contribution in [0.1, 0.15) is 6.92 Å². The average Bonchev–Trinajstić information content (AvgIpc) is 3.10. The number of aromatic nitrogens is 3. The molecule has 0 aliphatic rings. The van der Waals surface area contributed by atoms with E-state index < -0.39 is 0 Å². The number of para-hydroxylation sites is 2. The number of ether oxygens (including phenoxy) is 3. The molecular formula is C21H19N3O4S3. The van der Waals surface area contributed by atoms with Gasteiger partial charge in [-0.15, -0.1) is 0 Å². The van der Waals surface area contributed by atoms with Crippen LogP contribution in [-0.4, -0.2) is 34.9 Å². The summed E-state index contributed by atoms with van der Waals surface area (Å²) in [6.07, 6.45) is 0. The van der Waals surface area contributed by atoms with Crippen molar-refractivity contribution in [1.82, 2.24) is 14.1 Å². The van der Waals surface area contributed by atoms with Crippen molar-refractivity contribution in [3.05, 3.63) is 61.5 Å². The van der Waals surface area contributed by atoms with E-state index >= 15 is 0 Å². The van der Waals surface area contributed by atoms with Gasteiger partial charge in [-0.05, 0) is 55.6 Å². The van der Waals surface area contributed by atoms with Crippen molar-refractivity contribution in [2.45, 2.75) is 6.92 Å². The molecule has 1 N–H and O–H groups in total. The number of rotatable bonds is 6. The minimum atomic E-state index is -0.297. The van der Waals surface area contributed by atoms with Gasteiger partial charge in [-0.25, -0.2) is 4.57 Å². The smallest absolute Gasteiger partial charge is 0.278 e. The predicted octanol–water partition coefficient (Wildman–Crippen LogP) is 5.05. The van der Waals surface area contributed by atoms with E-state index in [1.54, 1.807) is 29.9 Å². The molecule has 10 heteroatoms. The highest BCUT2D eigenvalue weighted by atomic mass is 32.1. The molecule has 7 nitrogen and oxygen atoms in total. The summed E-state index contributed by atoms with van der Waals surface area (Å²) in [5.41, 5.74) is 1.45. The standard InChI is InChI=1S/C21H19N3O4S3/c1-4-28-16-8-6-5-7-13(16)23-18-17(31-21(23)30)19(25)24(20(29)22-18)14-11-12(26-2)9-10-15(14)27-3/h5-11H,4H2,1-3H3,(H,22,29). The van der Waals surface area contributed by atoms with E-state index in [2.05, 4.69) is 4.98 Å². The Morgan fingerprint density at radius 3 is 2.48 bits per heavy atom. The predicted molar refractivity (Wildman–Crippen MR) is 127 cm³/mol. The molecule has 160 valence electrons. The molecule has 0 bridgehead atoms. The first-order valence-corrected chi connectivity index (χ1v) is 11.0. The molecule has 2 aromatic carbocycles. The molecule has 0 unspecified atom stereocenters. The maximum Gasteiger partial charge on any atom is 0.278 e. The van der Waals surface area contributed by atoms with Crippen molar-refractivity contribution in [2.75, 3.05) is 20.8 Å². The van der Waals surface area contributed by atoms with E-state index in [0.717, 1.165) is 5.69 Å². The van der Waals surface area contributed by atoms with Crippen molar-refractivity contribution in [3.8, 4) is 28.6 Å². The Morgan fingerprint density at radius 1 is 1.00 bits per heavy atom. The fraction of sp³-hybridized carbons (Fsp3) is 0.190. The molecule has 2 aromatic heterocycles. The first-order valence-electron chi connectivity index (χ1n) is 9.35. The van der Waals surface area contributed by atoms with E-state index in [9.17, 15) is 4.79 Å². The van der Waals surface area contributed by atoms with Crippen molar-refractivity contribution in [2.24, 2.45) is 0 Å². The highest BCUT2D eigenvalue weighted by Crippen LogP contribution is 2.31. The fourth-order valence-corrected chi connectivity index (χ4v) is 4.90. The van der Waals surface area contributed by atoms with Crippen LogP contribution >= 0.6 is 35.8 Å². The number of methoxy groups -OCH3 is 2. The lowest BCUT2D eigenvalue weighted by Crippen LogP contribution is -2.21. The fourth-order valence-electron chi connectivity index (χ4n) is 3.31. The van der Waals surface area contributed by atoms with Crippen LogP contribution in [0.15, 0.2) is 47.3 Å². The second kappa shape index (κ2) is 8.66. The van der Waals surface area contributed by atoms with Crippen LogP contribution < -0.4 is 19.8 Å². The number of H-pyrrole nitrogens is 1. The van der Waals surface area contributed by atoms with Crippen molar-refractivity contribution < 1.29 is 14.2 Å². The number of hydrogen-bond acceptors (Lipinski definition) is 7. The van der Waals surface area contributed by atoms with E-state index in [1.165, 1.54) is 23.0 Å². The van der Waals surface area contributed by atoms with Crippen LogP contribution in [0.2, 0.25) is 0 Å². The normalized spacial score (nSPS) is 10.9. The van der Waals surface area contributed by atoms with E-state index in [1.807, 2.05) is 31.2 Å². The summed E-state index contributed by atoms with van der Waals surface area (Å²) in [6.45, 7) is 2.42. The summed E-state index contributed by atoms with van der Waals surface area (Å²) in [5, 5.41) is 0. The third-order valence-corrected chi connectivity index (χ3v) is 6.32. The molecule has 2 heterocycles. The van der Waals surface area contributed by atoms with E-state index in [-0.39, 0.29) is 10.3 Å². The summed E-state index contributed by atoms with van der Waals surface area (Å²) in [4.78, 5) is 16.7. The minimum absolute atomic E-state index is 0.208. The summed E-state index contributed by atoms with van der Waals surface area (Å²) in [7, 11) is 3.09. The van der Waals surface area contributed by atoms with E-state index in [4.69, 9.17) is 38.6 Å². The largest absolute Gasteiger partial charge is 0.497 e. The molecule has 0 fully saturated rings. The lowest BCUT2D eigenvalue weighted by Gasteiger charge is -2.14. The lowest BCUT2D eigenvalue weighted by atomic mass is 10.2. The van der Waals surface area contributed by atoms with E-state index in [0.29, 0.717) is 43.8 Å². The average molecular weight is 474 g/mol. The molecule has 0 amide bonds. The van der Waals surface area contributed by atoms with Crippen molar-refractivity contribution in [3.63, 3.8) is 0 Å². The van der Waals surface area contributed by atoms with Gasteiger partial charge in [0.25, 0.3) is 5.56 Å². The Kier molecular flexibility index (Phi) is 5.94. The molecular weight excluding hydrogens is 454 g/mol. The summed E-state index contributed by atoms with van der Waals surface area (Å²) >= 11 is 12.4. The number of aromatic amines is 1. The molecule has 0 saturated carbocycles. The van der Waals surface area contributed by atoms with Gasteiger partial charge in [0.15, 0.2) is 8.73 Å². The third kappa shape index (κ3) is 3.67. The first kappa shape index (κ1) is 21.3. The molecule has 0 aliphatic carbocycles. The molecule has 0 atom stereocenters. The van der Waals surface area contributed by atoms with Gasteiger partial charge in [-0.2, -0.15) is 0 Å². The second-order valence-electron chi connectivity index (χ2n) is 6.39. The SMILES string of the molecule is CCOc1ccccc1-n1c(=S)sc2c(=O)n(-c3cc(OC)ccc3OC)c(=S)[nH]c21. The van der Waals surface area contributed by atoms with Crippen LogP contribution in [0, 0.1) is 8.73 Å². The zero-order valence-electron chi connectivity index (χ0n) is 17.0. The number of benzene rings is 2. The number of nitrogens with one attached hydrogen (secondary N) is 1. The number of nitrogens with zero attached hydrogens (tertiary/aromatic N) is 2. The number of thiazole rings is 1. The van der Waals surface area contributed by atoms with Crippen LogP contribution in [0.25, 0.3) is 21.7 Å². The first-order chi connectivity index (χ1) is 15.0. The highest BCUT2D eigenvalue weighted by molar-refractivity contribution is 7.73. The van der Waals surface area contributed by atoms with Gasteiger partial charge in [0.1, 0.15) is 27.6 Å². The molecule has 4 rings (SSSR count). The van der Waals surface area contributed by atoms with Gasteiger partial charge in [0.05, 0.1) is 32.2 Å². The van der Waals surface area contributed by atoms with Gasteiger partial charge in [0, 0.05) is 6.07 Å². The van der Waals surface area contributed by atoms with Gasteiger partial charge in [-0.1, -0.05) is 23.5 Å². The van der Waals surface area contributed by atoms with Gasteiger partial charge in [-0.3, -0.25) is 9.36 Å². The zero-order chi connectivity index (χ0) is 22.1. The number of fused-ring (bicyclic) bond motifs is 1. The van der Waals surface area contributed by atoms with Crippen LogP contribution in [-0.2, 0) is 0 Å². The minimum Gasteiger partial charge on any atom is -0.497 e. The van der Waals surface area contributed by atoms with Crippen molar-refractivity contribution >= 4 is 46.1 Å². The highest BCUT2D eigenvalue weighted by Gasteiger charge is 2.19. The molecule has 31 heavy (non-hydrogen) atoms. The van der Waals surface area contributed by atoms with Gasteiger partial charge in [0.2, 0.25) is 0 Å². The van der Waals surface area contributed by atoms with Gasteiger partial charge >= 0.3 is 0 Å². The zero-order valence-corrected chi connectivity index (χ0v) is 19.5. The number of hydrogen-bond donors (Lipinski definition) is 1. The topological polar surface area (TPSA) is 70.4 Å². The Morgan fingerprint density at radius 2 is 1.77 bits per heavy atom. The molecule has 0 spiro atoms. The second-order valence-corrected chi connectivity index (χ2v) is 8.42. The summed E-state index contributed by atoms with van der Waals surface area (Å²) < 4.78 is 20.8. The monoisotopic (exact) mass is 473 g/mol. The summed E-state index contributed by atoms with van der Waals surface area (Å²) in [6, 6.07) is 12.7. The Bertz CT molecular complexity index is 1450. The van der Waals surface area contributed by atoms with Crippen LogP contribution in [0.5, 0.6) is 17.2 Å².